The van der Waals surface area contributed by atoms with Crippen molar-refractivity contribution in [3.8, 4) is 0 Å². The number of rotatable bonds is 0. The van der Waals surface area contributed by atoms with Gasteiger partial charge < -0.3 is 4.74 Å². The summed E-state index contributed by atoms with van der Waals surface area (Å²) in [5.41, 5.74) is 0.236. The van der Waals surface area contributed by atoms with Crippen LogP contribution in [-0.2, 0) is 4.74 Å². The van der Waals surface area contributed by atoms with E-state index in [1.807, 2.05) is 0 Å². The van der Waals surface area contributed by atoms with Crippen molar-refractivity contribution in [1.29, 1.82) is 0 Å². The van der Waals surface area contributed by atoms with Crippen molar-refractivity contribution in [2.24, 2.45) is 17.8 Å². The highest BCUT2D eigenvalue weighted by atomic mass is 16.5. The fourth-order valence-corrected chi connectivity index (χ4v) is 3.11. The lowest BCUT2D eigenvalue weighted by Crippen LogP contribution is -2.33. The van der Waals surface area contributed by atoms with Crippen LogP contribution < -0.4 is 0 Å². The molecular formula is C10H18O. The van der Waals surface area contributed by atoms with Crippen LogP contribution in [0.4, 0.5) is 0 Å². The molecule has 1 heteroatoms. The van der Waals surface area contributed by atoms with Crippen LogP contribution in [0.3, 0.4) is 0 Å². The van der Waals surface area contributed by atoms with Crippen LogP contribution in [0, 0.1) is 17.8 Å². The van der Waals surface area contributed by atoms with Crippen LogP contribution in [-0.4, -0.2) is 12.2 Å². The highest BCUT2D eigenvalue weighted by molar-refractivity contribution is 5.01. The normalized spacial score (nSPS) is 56.5. The van der Waals surface area contributed by atoms with Gasteiger partial charge in [-0.15, -0.1) is 0 Å². The van der Waals surface area contributed by atoms with Crippen LogP contribution in [0.25, 0.3) is 0 Å². The van der Waals surface area contributed by atoms with Gasteiger partial charge in [0.2, 0.25) is 0 Å². The second-order valence-corrected chi connectivity index (χ2v) is 4.54. The lowest BCUT2D eigenvalue weighted by atomic mass is 9.85. The summed E-state index contributed by atoms with van der Waals surface area (Å²) in [6.07, 6.45) is 2.66. The van der Waals surface area contributed by atoms with Gasteiger partial charge in [-0.3, -0.25) is 0 Å². The van der Waals surface area contributed by atoms with E-state index in [1.54, 1.807) is 0 Å². The van der Waals surface area contributed by atoms with Crippen LogP contribution in [0.1, 0.15) is 33.6 Å². The lowest BCUT2D eigenvalue weighted by molar-refractivity contribution is -0.0251. The summed E-state index contributed by atoms with van der Waals surface area (Å²) in [5, 5.41) is 0. The van der Waals surface area contributed by atoms with Gasteiger partial charge in [-0.05, 0) is 37.5 Å². The van der Waals surface area contributed by atoms with Gasteiger partial charge in [-0.25, -0.2) is 0 Å². The molecule has 1 heterocycles. The SMILES string of the molecule is CC1CC(C)C2(C)OCCC12. The standard InChI is InChI=1S/C10H18O/c1-7-6-8(2)10(3)9(7)4-5-11-10/h7-9H,4-6H2,1-3H3. The number of fused-ring (bicyclic) bond motifs is 1. The molecule has 0 aromatic carbocycles. The first-order valence-corrected chi connectivity index (χ1v) is 4.78. The topological polar surface area (TPSA) is 9.23 Å². The maximum atomic E-state index is 5.85. The second kappa shape index (κ2) is 2.22. The largest absolute Gasteiger partial charge is 0.375 e. The molecule has 0 bridgehead atoms. The van der Waals surface area contributed by atoms with Crippen LogP contribution >= 0.6 is 0 Å². The number of hydrogen-bond donors (Lipinski definition) is 0. The van der Waals surface area contributed by atoms with E-state index in [2.05, 4.69) is 20.8 Å². The van der Waals surface area contributed by atoms with Crippen molar-refractivity contribution in [3.63, 3.8) is 0 Å². The average Bonchev–Trinajstić information content (AvgIpc) is 2.39. The average molecular weight is 154 g/mol. The van der Waals surface area contributed by atoms with Crippen molar-refractivity contribution in [3.05, 3.63) is 0 Å². The lowest BCUT2D eigenvalue weighted by Gasteiger charge is -2.28. The van der Waals surface area contributed by atoms with E-state index in [-0.39, 0.29) is 5.60 Å². The van der Waals surface area contributed by atoms with E-state index < -0.39 is 0 Å². The Morgan fingerprint density at radius 2 is 2.09 bits per heavy atom. The van der Waals surface area contributed by atoms with E-state index in [1.165, 1.54) is 12.8 Å². The minimum Gasteiger partial charge on any atom is -0.375 e. The molecule has 64 valence electrons. The molecule has 2 fully saturated rings. The molecule has 2 rings (SSSR count). The molecule has 0 aromatic heterocycles. The quantitative estimate of drug-likeness (QED) is 0.521. The maximum absolute atomic E-state index is 5.85. The van der Waals surface area contributed by atoms with E-state index in [4.69, 9.17) is 4.74 Å². The van der Waals surface area contributed by atoms with Crippen molar-refractivity contribution in [2.45, 2.75) is 39.2 Å². The first kappa shape index (κ1) is 7.60. The van der Waals surface area contributed by atoms with Gasteiger partial charge >= 0.3 is 0 Å². The molecule has 2 aliphatic rings. The molecule has 1 aliphatic carbocycles. The van der Waals surface area contributed by atoms with Gasteiger partial charge in [0.15, 0.2) is 0 Å². The van der Waals surface area contributed by atoms with Crippen molar-refractivity contribution < 1.29 is 4.74 Å². The third-order valence-electron chi connectivity index (χ3n) is 3.97. The van der Waals surface area contributed by atoms with E-state index in [9.17, 15) is 0 Å². The van der Waals surface area contributed by atoms with Gasteiger partial charge in [0.1, 0.15) is 0 Å². The summed E-state index contributed by atoms with van der Waals surface area (Å²) < 4.78 is 5.85. The molecule has 1 aliphatic heterocycles. The van der Waals surface area contributed by atoms with Crippen LogP contribution in [0.5, 0.6) is 0 Å². The highest BCUT2D eigenvalue weighted by Crippen LogP contribution is 2.51. The monoisotopic (exact) mass is 154 g/mol. The Morgan fingerprint density at radius 1 is 1.36 bits per heavy atom. The third kappa shape index (κ3) is 0.868. The first-order valence-electron chi connectivity index (χ1n) is 4.78. The highest BCUT2D eigenvalue weighted by Gasteiger charge is 2.52. The molecule has 0 aromatic rings. The predicted molar refractivity (Wildman–Crippen MR) is 45.4 cm³/mol. The molecular weight excluding hydrogens is 136 g/mol. The van der Waals surface area contributed by atoms with E-state index in [0.29, 0.717) is 0 Å². The molecule has 1 saturated heterocycles. The zero-order chi connectivity index (χ0) is 8.06. The van der Waals surface area contributed by atoms with Crippen LogP contribution in [0.15, 0.2) is 0 Å². The summed E-state index contributed by atoms with van der Waals surface area (Å²) >= 11 is 0. The molecule has 1 nitrogen and oxygen atoms in total. The second-order valence-electron chi connectivity index (χ2n) is 4.54. The summed E-state index contributed by atoms with van der Waals surface area (Å²) in [4.78, 5) is 0. The molecule has 0 N–H and O–H groups in total. The van der Waals surface area contributed by atoms with Gasteiger partial charge in [0.05, 0.1) is 5.60 Å². The Hall–Kier alpha value is -0.0400. The Bertz CT molecular complexity index is 166. The minimum absolute atomic E-state index is 0.236. The minimum atomic E-state index is 0.236. The molecule has 4 unspecified atom stereocenters. The summed E-state index contributed by atoms with van der Waals surface area (Å²) in [5.74, 6) is 2.50. The Labute approximate surface area is 69.1 Å². The van der Waals surface area contributed by atoms with Gasteiger partial charge in [-0.1, -0.05) is 13.8 Å². The molecule has 0 amide bonds. The summed E-state index contributed by atoms with van der Waals surface area (Å²) in [7, 11) is 0. The molecule has 1 saturated carbocycles. The zero-order valence-electron chi connectivity index (χ0n) is 7.76. The molecule has 11 heavy (non-hydrogen) atoms. The van der Waals surface area contributed by atoms with Crippen molar-refractivity contribution in [1.82, 2.24) is 0 Å². The Kier molecular flexibility index (Phi) is 1.54. The van der Waals surface area contributed by atoms with Crippen molar-refractivity contribution in [2.75, 3.05) is 6.61 Å². The Morgan fingerprint density at radius 3 is 2.73 bits per heavy atom. The van der Waals surface area contributed by atoms with Crippen molar-refractivity contribution >= 4 is 0 Å². The molecule has 0 spiro atoms. The smallest absolute Gasteiger partial charge is 0.0711 e. The molecule has 0 radical (unpaired) electrons. The Balaban J connectivity index is 2.25. The number of hydrogen-bond acceptors (Lipinski definition) is 1. The predicted octanol–water partition coefficient (Wildman–Crippen LogP) is 2.46. The fourth-order valence-electron chi connectivity index (χ4n) is 3.11. The van der Waals surface area contributed by atoms with Gasteiger partial charge in [0, 0.05) is 6.61 Å². The fraction of sp³-hybridized carbons (Fsp3) is 1.00. The summed E-state index contributed by atoms with van der Waals surface area (Å²) in [6, 6.07) is 0. The van der Waals surface area contributed by atoms with E-state index >= 15 is 0 Å². The molecule has 4 atom stereocenters. The van der Waals surface area contributed by atoms with Gasteiger partial charge in [0.25, 0.3) is 0 Å². The number of ether oxygens (including phenoxy) is 1. The van der Waals surface area contributed by atoms with Crippen LogP contribution in [0.2, 0.25) is 0 Å². The maximum Gasteiger partial charge on any atom is 0.0711 e. The van der Waals surface area contributed by atoms with E-state index in [0.717, 1.165) is 24.4 Å². The van der Waals surface area contributed by atoms with Gasteiger partial charge in [-0.2, -0.15) is 0 Å². The third-order valence-corrected chi connectivity index (χ3v) is 3.97. The summed E-state index contributed by atoms with van der Waals surface area (Å²) in [6.45, 7) is 8.01. The first-order chi connectivity index (χ1) is 5.14. The zero-order valence-corrected chi connectivity index (χ0v) is 7.76.